The van der Waals surface area contributed by atoms with Crippen molar-refractivity contribution in [3.63, 3.8) is 0 Å². The number of hydrogen-bond acceptors (Lipinski definition) is 6. The highest BCUT2D eigenvalue weighted by Crippen LogP contribution is 2.13. The van der Waals surface area contributed by atoms with Crippen molar-refractivity contribution in [3.8, 4) is 0 Å². The first-order valence-electron chi connectivity index (χ1n) is 10.3. The van der Waals surface area contributed by atoms with Gasteiger partial charge in [-0.3, -0.25) is 4.99 Å². The van der Waals surface area contributed by atoms with Crippen molar-refractivity contribution in [2.24, 2.45) is 4.99 Å². The minimum absolute atomic E-state index is 0.00495. The van der Waals surface area contributed by atoms with E-state index in [1.807, 2.05) is 18.2 Å². The lowest BCUT2D eigenvalue weighted by molar-refractivity contribution is 0.0200. The van der Waals surface area contributed by atoms with Crippen molar-refractivity contribution in [2.45, 2.75) is 25.4 Å². The Hall–Kier alpha value is -1.91. The third-order valence-corrected chi connectivity index (χ3v) is 6.57. The number of rotatable bonds is 7. The molecule has 0 aliphatic carbocycles. The molecule has 1 atom stereocenters. The molecule has 2 aliphatic rings. The van der Waals surface area contributed by atoms with Crippen LogP contribution in [0.2, 0.25) is 0 Å². The molecule has 10 heteroatoms. The first kappa shape index (κ1) is 21.8. The van der Waals surface area contributed by atoms with E-state index < -0.39 is 10.0 Å². The van der Waals surface area contributed by atoms with Gasteiger partial charge in [0, 0.05) is 59.1 Å². The fourth-order valence-corrected chi connectivity index (χ4v) is 4.53. The molecule has 1 unspecified atom stereocenters. The van der Waals surface area contributed by atoms with Crippen LogP contribution in [-0.4, -0.2) is 89.0 Å². The maximum atomic E-state index is 12.2. The minimum Gasteiger partial charge on any atom is -0.377 e. The highest BCUT2D eigenvalue weighted by Gasteiger charge is 2.21. The predicted octanol–water partition coefficient (Wildman–Crippen LogP) is 0.268. The first-order valence-corrected chi connectivity index (χ1v) is 11.9. The van der Waals surface area contributed by atoms with Crippen molar-refractivity contribution >= 4 is 21.8 Å². The van der Waals surface area contributed by atoms with Gasteiger partial charge in [-0.25, -0.2) is 18.1 Å². The van der Waals surface area contributed by atoms with Crippen LogP contribution in [0.4, 0.5) is 5.82 Å². The predicted molar refractivity (Wildman–Crippen MR) is 115 cm³/mol. The van der Waals surface area contributed by atoms with E-state index in [1.165, 1.54) is 0 Å². The number of ether oxygens (including phenoxy) is 1. The summed E-state index contributed by atoms with van der Waals surface area (Å²) in [5.74, 6) is 1.72. The van der Waals surface area contributed by atoms with Crippen LogP contribution in [0.5, 0.6) is 0 Å². The van der Waals surface area contributed by atoms with Crippen molar-refractivity contribution < 1.29 is 13.2 Å². The lowest BCUT2D eigenvalue weighted by Gasteiger charge is -2.37. The maximum absolute atomic E-state index is 12.2. The average molecular weight is 425 g/mol. The Bertz CT molecular complexity index is 744. The Morgan fingerprint density at radius 3 is 2.76 bits per heavy atom. The number of nitrogens with one attached hydrogen (secondary N) is 2. The van der Waals surface area contributed by atoms with Gasteiger partial charge in [-0.15, -0.1) is 0 Å². The molecule has 2 N–H and O–H groups in total. The van der Waals surface area contributed by atoms with Gasteiger partial charge in [-0.05, 0) is 31.4 Å². The van der Waals surface area contributed by atoms with E-state index in [0.29, 0.717) is 13.1 Å². The molecule has 29 heavy (non-hydrogen) atoms. The van der Waals surface area contributed by atoms with Gasteiger partial charge in [0.1, 0.15) is 5.82 Å². The van der Waals surface area contributed by atoms with Gasteiger partial charge < -0.3 is 19.9 Å². The zero-order valence-electron chi connectivity index (χ0n) is 17.1. The van der Waals surface area contributed by atoms with Gasteiger partial charge in [0.2, 0.25) is 10.0 Å². The summed E-state index contributed by atoms with van der Waals surface area (Å²) in [6, 6.07) is 5.92. The summed E-state index contributed by atoms with van der Waals surface area (Å²) in [6.07, 6.45) is 4.87. The summed E-state index contributed by atoms with van der Waals surface area (Å²) >= 11 is 0. The number of nitrogens with zero attached hydrogens (tertiary/aromatic N) is 4. The molecule has 1 aromatic heterocycles. The molecule has 0 aromatic carbocycles. The molecule has 0 spiro atoms. The topological polar surface area (TPSA) is 99.2 Å². The second kappa shape index (κ2) is 10.7. The van der Waals surface area contributed by atoms with Crippen molar-refractivity contribution in [1.29, 1.82) is 0 Å². The van der Waals surface area contributed by atoms with Crippen molar-refractivity contribution in [2.75, 3.05) is 63.6 Å². The van der Waals surface area contributed by atoms with E-state index in [-0.39, 0.29) is 11.9 Å². The number of aliphatic imine (C=N–C) groups is 1. The van der Waals surface area contributed by atoms with Crippen LogP contribution in [0.15, 0.2) is 29.4 Å². The van der Waals surface area contributed by atoms with Crippen molar-refractivity contribution in [3.05, 3.63) is 24.4 Å². The molecule has 0 amide bonds. The lowest BCUT2D eigenvalue weighted by Crippen LogP contribution is -2.53. The number of guanidine groups is 1. The average Bonchev–Trinajstić information content (AvgIpc) is 2.77. The SMILES string of the molecule is CN=C(NCCS(=O)(=O)NCC1CCCCO1)N1CCN(c2ccccn2)CC1. The number of aromatic nitrogens is 1. The summed E-state index contributed by atoms with van der Waals surface area (Å²) in [4.78, 5) is 13.1. The monoisotopic (exact) mass is 424 g/mol. The summed E-state index contributed by atoms with van der Waals surface area (Å²) in [6.45, 7) is 4.69. The van der Waals surface area contributed by atoms with Crippen molar-refractivity contribution in [1.82, 2.24) is 19.9 Å². The van der Waals surface area contributed by atoms with Gasteiger partial charge in [-0.2, -0.15) is 0 Å². The van der Waals surface area contributed by atoms with Gasteiger partial charge in [0.15, 0.2) is 5.96 Å². The molecule has 3 heterocycles. The second-order valence-electron chi connectivity index (χ2n) is 7.29. The summed E-state index contributed by atoms with van der Waals surface area (Å²) in [5.41, 5.74) is 0. The third kappa shape index (κ3) is 6.83. The number of hydrogen-bond donors (Lipinski definition) is 2. The zero-order valence-corrected chi connectivity index (χ0v) is 17.9. The third-order valence-electron chi connectivity index (χ3n) is 5.22. The molecule has 2 aliphatic heterocycles. The molecular formula is C19H32N6O3S. The van der Waals surface area contributed by atoms with E-state index in [9.17, 15) is 8.42 Å². The molecule has 0 bridgehead atoms. The Balaban J connectivity index is 1.39. The first-order chi connectivity index (χ1) is 14.1. The Morgan fingerprint density at radius 1 is 1.28 bits per heavy atom. The molecule has 2 saturated heterocycles. The molecule has 3 rings (SSSR count). The lowest BCUT2D eigenvalue weighted by atomic mass is 10.1. The molecule has 0 radical (unpaired) electrons. The van der Waals surface area contributed by atoms with Crippen LogP contribution >= 0.6 is 0 Å². The summed E-state index contributed by atoms with van der Waals surface area (Å²) in [7, 11) is -1.62. The number of pyridine rings is 1. The van der Waals surface area contributed by atoms with Gasteiger partial charge in [0.05, 0.1) is 11.9 Å². The van der Waals surface area contributed by atoms with Crippen LogP contribution in [0.1, 0.15) is 19.3 Å². The minimum atomic E-state index is -3.34. The molecule has 0 saturated carbocycles. The molecular weight excluding hydrogens is 392 g/mol. The van der Waals surface area contributed by atoms with Crippen LogP contribution in [0.3, 0.4) is 0 Å². The molecule has 2 fully saturated rings. The van der Waals surface area contributed by atoms with Gasteiger partial charge in [0.25, 0.3) is 0 Å². The van der Waals surface area contributed by atoms with Crippen LogP contribution < -0.4 is 14.9 Å². The highest BCUT2D eigenvalue weighted by molar-refractivity contribution is 7.89. The molecule has 162 valence electrons. The smallest absolute Gasteiger partial charge is 0.213 e. The Labute approximate surface area is 173 Å². The van der Waals surface area contributed by atoms with E-state index >= 15 is 0 Å². The largest absolute Gasteiger partial charge is 0.377 e. The Kier molecular flexibility index (Phi) is 8.08. The fourth-order valence-electron chi connectivity index (χ4n) is 3.58. The standard InChI is InChI=1S/C19H32N6O3S/c1-20-19(25-12-10-24(11-13-25)18-7-2-4-8-21-18)22-9-15-29(26,27)23-16-17-6-3-5-14-28-17/h2,4,7-8,17,23H,3,5-6,9-16H2,1H3,(H,20,22). The fraction of sp³-hybridized carbons (Fsp3) is 0.684. The van der Waals surface area contributed by atoms with Crippen LogP contribution in [0, 0.1) is 0 Å². The van der Waals surface area contributed by atoms with Gasteiger partial charge in [-0.1, -0.05) is 6.07 Å². The number of anilines is 1. The van der Waals surface area contributed by atoms with Crippen LogP contribution in [-0.2, 0) is 14.8 Å². The van der Waals surface area contributed by atoms with E-state index in [2.05, 4.69) is 29.8 Å². The summed E-state index contributed by atoms with van der Waals surface area (Å²) < 4.78 is 32.7. The number of sulfonamides is 1. The summed E-state index contributed by atoms with van der Waals surface area (Å²) in [5, 5.41) is 3.18. The normalized spacial score (nSPS) is 21.3. The highest BCUT2D eigenvalue weighted by atomic mass is 32.2. The van der Waals surface area contributed by atoms with Crippen LogP contribution in [0.25, 0.3) is 0 Å². The van der Waals surface area contributed by atoms with E-state index in [1.54, 1.807) is 13.2 Å². The van der Waals surface area contributed by atoms with E-state index in [4.69, 9.17) is 4.74 Å². The van der Waals surface area contributed by atoms with Gasteiger partial charge >= 0.3 is 0 Å². The zero-order chi connectivity index (χ0) is 20.5. The Morgan fingerprint density at radius 2 is 2.10 bits per heavy atom. The number of piperazine rings is 1. The molecule has 1 aromatic rings. The maximum Gasteiger partial charge on any atom is 0.213 e. The molecule has 9 nitrogen and oxygen atoms in total. The second-order valence-corrected chi connectivity index (χ2v) is 9.22. The van der Waals surface area contributed by atoms with E-state index in [0.717, 1.165) is 63.8 Å². The quantitative estimate of drug-likeness (QED) is 0.479.